The molecule has 0 aliphatic carbocycles. The second-order valence-corrected chi connectivity index (χ2v) is 5.59. The van der Waals surface area contributed by atoms with Gasteiger partial charge in [0.1, 0.15) is 0 Å². The number of fused-ring (bicyclic) bond motifs is 1. The van der Waals surface area contributed by atoms with Crippen LogP contribution in [0.2, 0.25) is 5.02 Å². The van der Waals surface area contributed by atoms with E-state index in [1.165, 1.54) is 11.4 Å². The van der Waals surface area contributed by atoms with E-state index in [-0.39, 0.29) is 11.6 Å². The van der Waals surface area contributed by atoms with E-state index < -0.39 is 12.1 Å². The molecular formula is C16H13ClN4O3. The average Bonchev–Trinajstić information content (AvgIpc) is 3.00. The number of aromatic nitrogens is 4. The van der Waals surface area contributed by atoms with Crippen molar-refractivity contribution in [3.63, 3.8) is 0 Å². The van der Waals surface area contributed by atoms with Gasteiger partial charge in [-0.2, -0.15) is 4.98 Å². The van der Waals surface area contributed by atoms with E-state index in [9.17, 15) is 9.59 Å². The number of carbonyl (C=O) groups excluding carboxylic acids is 2. The topological polar surface area (TPSA) is 86.5 Å². The molecule has 0 N–H and O–H groups in total. The molecule has 122 valence electrons. The maximum absolute atomic E-state index is 12.3. The van der Waals surface area contributed by atoms with Crippen molar-refractivity contribution in [3.05, 3.63) is 58.6 Å². The SMILES string of the molecule is Cc1ccnc2nc(C(=O)O[C@H](C)C(=O)c3ccc(Cl)cc3)nn12. The molecule has 0 bridgehead atoms. The van der Waals surface area contributed by atoms with Crippen molar-refractivity contribution in [2.24, 2.45) is 0 Å². The van der Waals surface area contributed by atoms with Crippen LogP contribution in [0.5, 0.6) is 0 Å². The first kappa shape index (κ1) is 16.1. The van der Waals surface area contributed by atoms with Crippen molar-refractivity contribution in [2.45, 2.75) is 20.0 Å². The zero-order valence-corrected chi connectivity index (χ0v) is 13.7. The number of halogens is 1. The fourth-order valence-electron chi connectivity index (χ4n) is 2.11. The van der Waals surface area contributed by atoms with Gasteiger partial charge in [-0.3, -0.25) is 4.79 Å². The summed E-state index contributed by atoms with van der Waals surface area (Å²) >= 11 is 5.79. The lowest BCUT2D eigenvalue weighted by Gasteiger charge is -2.10. The summed E-state index contributed by atoms with van der Waals surface area (Å²) < 4.78 is 6.60. The summed E-state index contributed by atoms with van der Waals surface area (Å²) in [6, 6.07) is 8.09. The highest BCUT2D eigenvalue weighted by Gasteiger charge is 2.23. The molecule has 0 fully saturated rings. The van der Waals surface area contributed by atoms with Crippen molar-refractivity contribution in [3.8, 4) is 0 Å². The second-order valence-electron chi connectivity index (χ2n) is 5.15. The lowest BCUT2D eigenvalue weighted by molar-refractivity contribution is 0.0307. The monoisotopic (exact) mass is 344 g/mol. The number of aryl methyl sites for hydroxylation is 1. The van der Waals surface area contributed by atoms with Crippen LogP contribution in [0.3, 0.4) is 0 Å². The molecular weight excluding hydrogens is 332 g/mol. The van der Waals surface area contributed by atoms with Gasteiger partial charge >= 0.3 is 5.97 Å². The highest BCUT2D eigenvalue weighted by atomic mass is 35.5. The summed E-state index contributed by atoms with van der Waals surface area (Å²) in [6.45, 7) is 3.30. The molecule has 0 aliphatic heterocycles. The third kappa shape index (κ3) is 3.11. The maximum Gasteiger partial charge on any atom is 0.379 e. The molecule has 0 unspecified atom stereocenters. The van der Waals surface area contributed by atoms with Crippen LogP contribution in [-0.2, 0) is 4.74 Å². The number of ether oxygens (including phenoxy) is 1. The number of carbonyl (C=O) groups is 2. The summed E-state index contributed by atoms with van der Waals surface area (Å²) in [7, 11) is 0. The lowest BCUT2D eigenvalue weighted by Crippen LogP contribution is -2.25. The standard InChI is InChI=1S/C16H13ClN4O3/c1-9-7-8-18-16-19-14(20-21(9)16)15(23)24-10(2)13(22)11-3-5-12(17)6-4-11/h3-8,10H,1-2H3/t10-/m1/s1. The largest absolute Gasteiger partial charge is 0.448 e. The van der Waals surface area contributed by atoms with Gasteiger partial charge in [0, 0.05) is 22.5 Å². The van der Waals surface area contributed by atoms with Crippen LogP contribution < -0.4 is 0 Å². The number of nitrogens with zero attached hydrogens (tertiary/aromatic N) is 4. The van der Waals surface area contributed by atoms with Crippen LogP contribution in [0.4, 0.5) is 0 Å². The van der Waals surface area contributed by atoms with Crippen LogP contribution in [0, 0.1) is 6.92 Å². The Kier molecular flexibility index (Phi) is 4.26. The van der Waals surface area contributed by atoms with Gasteiger partial charge in [0.05, 0.1) is 0 Å². The molecule has 8 heteroatoms. The Morgan fingerprint density at radius 3 is 2.58 bits per heavy atom. The van der Waals surface area contributed by atoms with Crippen LogP contribution >= 0.6 is 11.6 Å². The van der Waals surface area contributed by atoms with Gasteiger partial charge in [0.2, 0.25) is 5.78 Å². The molecule has 2 aromatic heterocycles. The molecule has 0 spiro atoms. The zero-order valence-electron chi connectivity index (χ0n) is 12.9. The molecule has 0 saturated heterocycles. The van der Waals surface area contributed by atoms with E-state index in [2.05, 4.69) is 15.1 Å². The Balaban J connectivity index is 1.76. The third-order valence-corrected chi connectivity index (χ3v) is 3.65. The van der Waals surface area contributed by atoms with Gasteiger partial charge in [-0.15, -0.1) is 5.10 Å². The summed E-state index contributed by atoms with van der Waals surface area (Å²) in [4.78, 5) is 32.5. The molecule has 3 aromatic rings. The van der Waals surface area contributed by atoms with Crippen LogP contribution in [0.15, 0.2) is 36.5 Å². The van der Waals surface area contributed by atoms with E-state index in [0.717, 1.165) is 5.69 Å². The van der Waals surface area contributed by atoms with Crippen molar-refractivity contribution < 1.29 is 14.3 Å². The molecule has 0 aliphatic rings. The Morgan fingerprint density at radius 2 is 1.92 bits per heavy atom. The lowest BCUT2D eigenvalue weighted by atomic mass is 10.1. The molecule has 3 rings (SSSR count). The number of benzene rings is 1. The highest BCUT2D eigenvalue weighted by Crippen LogP contribution is 2.13. The zero-order chi connectivity index (χ0) is 17.3. The Hall–Kier alpha value is -2.80. The number of esters is 1. The Bertz CT molecular complexity index is 921. The maximum atomic E-state index is 12.3. The summed E-state index contributed by atoms with van der Waals surface area (Å²) in [5.74, 6) is -0.973. The van der Waals surface area contributed by atoms with Gasteiger partial charge in [-0.1, -0.05) is 11.6 Å². The predicted octanol–water partition coefficient (Wildman–Crippen LogP) is 2.51. The quantitative estimate of drug-likeness (QED) is 0.534. The van der Waals surface area contributed by atoms with Gasteiger partial charge in [-0.25, -0.2) is 14.3 Å². The number of rotatable bonds is 4. The molecule has 24 heavy (non-hydrogen) atoms. The van der Waals surface area contributed by atoms with Crippen molar-refractivity contribution in [1.82, 2.24) is 19.6 Å². The number of ketones is 1. The highest BCUT2D eigenvalue weighted by molar-refractivity contribution is 6.30. The Labute approximate surface area is 142 Å². The number of hydrogen-bond acceptors (Lipinski definition) is 6. The van der Waals surface area contributed by atoms with Crippen molar-refractivity contribution in [2.75, 3.05) is 0 Å². The summed E-state index contributed by atoms with van der Waals surface area (Å²) in [5.41, 5.74) is 1.18. The Morgan fingerprint density at radius 1 is 1.21 bits per heavy atom. The van der Waals surface area contributed by atoms with Crippen LogP contribution in [0.1, 0.15) is 33.6 Å². The minimum atomic E-state index is -0.973. The van der Waals surface area contributed by atoms with Crippen molar-refractivity contribution >= 4 is 29.1 Å². The summed E-state index contributed by atoms with van der Waals surface area (Å²) in [5, 5.41) is 4.57. The molecule has 7 nitrogen and oxygen atoms in total. The van der Waals surface area contributed by atoms with Gasteiger partial charge in [0.15, 0.2) is 6.10 Å². The minimum Gasteiger partial charge on any atom is -0.448 e. The van der Waals surface area contributed by atoms with E-state index in [0.29, 0.717) is 16.4 Å². The summed E-state index contributed by atoms with van der Waals surface area (Å²) in [6.07, 6.45) is 0.598. The molecule has 0 amide bonds. The van der Waals surface area contributed by atoms with E-state index in [4.69, 9.17) is 16.3 Å². The van der Waals surface area contributed by atoms with Gasteiger partial charge < -0.3 is 4.74 Å². The van der Waals surface area contributed by atoms with Gasteiger partial charge in [-0.05, 0) is 44.2 Å². The molecule has 1 aromatic carbocycles. The fraction of sp³-hybridized carbons (Fsp3) is 0.188. The molecule has 2 heterocycles. The second kappa shape index (κ2) is 6.37. The number of Topliss-reactive ketones (excluding diaryl/α,β-unsaturated/α-hetero) is 1. The number of hydrogen-bond donors (Lipinski definition) is 0. The fourth-order valence-corrected chi connectivity index (χ4v) is 2.23. The van der Waals surface area contributed by atoms with Crippen LogP contribution in [-0.4, -0.2) is 37.4 Å². The van der Waals surface area contributed by atoms with Gasteiger partial charge in [0.25, 0.3) is 11.6 Å². The third-order valence-electron chi connectivity index (χ3n) is 3.39. The van der Waals surface area contributed by atoms with E-state index in [1.54, 1.807) is 36.5 Å². The molecule has 0 radical (unpaired) electrons. The first-order valence-electron chi connectivity index (χ1n) is 7.15. The first-order chi connectivity index (χ1) is 11.5. The van der Waals surface area contributed by atoms with E-state index >= 15 is 0 Å². The van der Waals surface area contributed by atoms with Crippen molar-refractivity contribution in [1.29, 1.82) is 0 Å². The minimum absolute atomic E-state index is 0.146. The molecule has 1 atom stereocenters. The van der Waals surface area contributed by atoms with E-state index in [1.807, 2.05) is 6.92 Å². The average molecular weight is 345 g/mol. The molecule has 0 saturated carbocycles. The van der Waals surface area contributed by atoms with Crippen LogP contribution in [0.25, 0.3) is 5.78 Å². The smallest absolute Gasteiger partial charge is 0.379 e. The normalized spacial score (nSPS) is 12.1. The first-order valence-corrected chi connectivity index (χ1v) is 7.52. The predicted molar refractivity (Wildman–Crippen MR) is 86.2 cm³/mol.